The third kappa shape index (κ3) is 5.53. The van der Waals surface area contributed by atoms with Gasteiger partial charge in [0.25, 0.3) is 0 Å². The van der Waals surface area contributed by atoms with E-state index in [0.717, 1.165) is 32.2 Å². The van der Waals surface area contributed by atoms with Gasteiger partial charge in [-0.25, -0.2) is 4.79 Å². The molecule has 0 aromatic rings. The summed E-state index contributed by atoms with van der Waals surface area (Å²) in [5.41, 5.74) is 0. The second-order valence-electron chi connectivity index (χ2n) is 6.22. The molecule has 1 saturated carbocycles. The molecule has 2 aliphatic rings. The summed E-state index contributed by atoms with van der Waals surface area (Å²) in [5.74, 6) is -0.116. The second-order valence-corrected chi connectivity index (χ2v) is 6.22. The molecule has 6 nitrogen and oxygen atoms in total. The number of hydrogen-bond donors (Lipinski definition) is 4. The van der Waals surface area contributed by atoms with Crippen molar-refractivity contribution < 1.29 is 9.59 Å². The number of hydrogen-bond acceptors (Lipinski definition) is 3. The normalized spacial score (nSPS) is 26.9. The molecule has 2 rings (SSSR count). The highest BCUT2D eigenvalue weighted by molar-refractivity contribution is 5.84. The lowest BCUT2D eigenvalue weighted by Crippen LogP contribution is -2.54. The van der Waals surface area contributed by atoms with Gasteiger partial charge >= 0.3 is 6.03 Å². The molecule has 1 saturated heterocycles. The topological polar surface area (TPSA) is 82.3 Å². The highest BCUT2D eigenvalue weighted by atomic mass is 16.2. The van der Waals surface area contributed by atoms with E-state index in [-0.39, 0.29) is 30.6 Å². The van der Waals surface area contributed by atoms with Crippen LogP contribution in [0, 0.1) is 0 Å². The lowest BCUT2D eigenvalue weighted by molar-refractivity contribution is -0.121. The van der Waals surface area contributed by atoms with E-state index in [9.17, 15) is 9.59 Å². The molecule has 120 valence electrons. The van der Waals surface area contributed by atoms with Crippen LogP contribution in [0.3, 0.4) is 0 Å². The van der Waals surface area contributed by atoms with E-state index >= 15 is 0 Å². The van der Waals surface area contributed by atoms with Crippen molar-refractivity contribution in [2.24, 2.45) is 0 Å². The Kier molecular flexibility index (Phi) is 6.29. The zero-order valence-corrected chi connectivity index (χ0v) is 12.9. The van der Waals surface area contributed by atoms with Gasteiger partial charge in [-0.2, -0.15) is 0 Å². The van der Waals surface area contributed by atoms with Gasteiger partial charge in [0.05, 0.1) is 6.54 Å². The van der Waals surface area contributed by atoms with E-state index in [2.05, 4.69) is 28.2 Å². The average molecular weight is 296 g/mol. The molecule has 3 amide bonds. The number of rotatable bonds is 4. The number of piperidine rings is 1. The molecule has 0 aromatic heterocycles. The Morgan fingerprint density at radius 1 is 1.05 bits per heavy atom. The number of carbonyl (C=O) groups excluding carboxylic acids is 2. The highest BCUT2D eigenvalue weighted by Crippen LogP contribution is 2.17. The molecule has 0 bridgehead atoms. The van der Waals surface area contributed by atoms with Gasteiger partial charge in [-0.15, -0.1) is 0 Å². The summed E-state index contributed by atoms with van der Waals surface area (Å²) in [4.78, 5) is 23.6. The maximum Gasteiger partial charge on any atom is 0.315 e. The first kappa shape index (κ1) is 16.1. The van der Waals surface area contributed by atoms with Gasteiger partial charge in [-0.05, 0) is 39.2 Å². The minimum absolute atomic E-state index is 0.0434. The molecule has 0 aromatic carbocycles. The third-order valence-electron chi connectivity index (χ3n) is 4.46. The first-order valence-electron chi connectivity index (χ1n) is 8.22. The Labute approximate surface area is 126 Å². The summed E-state index contributed by atoms with van der Waals surface area (Å²) in [7, 11) is 0. The van der Waals surface area contributed by atoms with Crippen LogP contribution < -0.4 is 21.3 Å². The van der Waals surface area contributed by atoms with E-state index in [1.54, 1.807) is 0 Å². The summed E-state index contributed by atoms with van der Waals surface area (Å²) in [6.45, 7) is 3.13. The van der Waals surface area contributed by atoms with Crippen molar-refractivity contribution in [1.29, 1.82) is 0 Å². The van der Waals surface area contributed by atoms with Gasteiger partial charge in [-0.1, -0.05) is 19.3 Å². The van der Waals surface area contributed by atoms with Gasteiger partial charge in [0, 0.05) is 18.1 Å². The number of amides is 3. The van der Waals surface area contributed by atoms with Crippen molar-refractivity contribution in [3.05, 3.63) is 0 Å². The number of urea groups is 1. The molecule has 1 aliphatic carbocycles. The first-order chi connectivity index (χ1) is 10.1. The van der Waals surface area contributed by atoms with Crippen molar-refractivity contribution in [3.8, 4) is 0 Å². The largest absolute Gasteiger partial charge is 0.350 e. The average Bonchev–Trinajstić information content (AvgIpc) is 2.49. The van der Waals surface area contributed by atoms with Crippen LogP contribution >= 0.6 is 0 Å². The zero-order valence-electron chi connectivity index (χ0n) is 12.9. The van der Waals surface area contributed by atoms with E-state index in [1.807, 2.05) is 0 Å². The third-order valence-corrected chi connectivity index (χ3v) is 4.46. The smallest absolute Gasteiger partial charge is 0.315 e. The van der Waals surface area contributed by atoms with Crippen LogP contribution in [0.2, 0.25) is 0 Å². The summed E-state index contributed by atoms with van der Waals surface area (Å²) in [5, 5.41) is 11.9. The van der Waals surface area contributed by atoms with Gasteiger partial charge in [0.1, 0.15) is 0 Å². The van der Waals surface area contributed by atoms with Gasteiger partial charge < -0.3 is 21.3 Å². The molecule has 2 unspecified atom stereocenters. The summed E-state index contributed by atoms with van der Waals surface area (Å²) in [6, 6.07) is 0.490. The first-order valence-corrected chi connectivity index (χ1v) is 8.22. The molecule has 6 heteroatoms. The maximum atomic E-state index is 11.9. The van der Waals surface area contributed by atoms with Crippen LogP contribution in [0.15, 0.2) is 0 Å². The second kappa shape index (κ2) is 8.22. The fourth-order valence-corrected chi connectivity index (χ4v) is 3.14. The lowest BCUT2D eigenvalue weighted by atomic mass is 9.96. The summed E-state index contributed by atoms with van der Waals surface area (Å²) >= 11 is 0. The quantitative estimate of drug-likeness (QED) is 0.621. The molecule has 2 atom stereocenters. The number of carbonyl (C=O) groups is 2. The standard InChI is InChI=1S/C15H28N4O2/c1-11-13(8-5-9-16-11)19-14(20)10-17-15(21)18-12-6-3-2-4-7-12/h11-13,16H,2-10H2,1H3,(H,19,20)(H2,17,18,21). The monoisotopic (exact) mass is 296 g/mol. The van der Waals surface area contributed by atoms with Crippen LogP contribution in [0.1, 0.15) is 51.9 Å². The van der Waals surface area contributed by atoms with Crippen LogP contribution in [-0.2, 0) is 4.79 Å². The lowest BCUT2D eigenvalue weighted by Gasteiger charge is -2.30. The predicted octanol–water partition coefficient (Wildman–Crippen LogP) is 0.875. The van der Waals surface area contributed by atoms with Gasteiger partial charge in [-0.3, -0.25) is 4.79 Å². The van der Waals surface area contributed by atoms with E-state index in [0.29, 0.717) is 6.04 Å². The highest BCUT2D eigenvalue weighted by Gasteiger charge is 2.22. The van der Waals surface area contributed by atoms with Crippen LogP contribution in [0.25, 0.3) is 0 Å². The SMILES string of the molecule is CC1NCCCC1NC(=O)CNC(=O)NC1CCCCC1. The molecule has 4 N–H and O–H groups in total. The van der Waals surface area contributed by atoms with Crippen LogP contribution in [0.5, 0.6) is 0 Å². The molecule has 1 aliphatic heterocycles. The van der Waals surface area contributed by atoms with Crippen molar-refractivity contribution in [1.82, 2.24) is 21.3 Å². The molecule has 21 heavy (non-hydrogen) atoms. The Bertz CT molecular complexity index is 356. The van der Waals surface area contributed by atoms with Crippen molar-refractivity contribution in [2.75, 3.05) is 13.1 Å². The van der Waals surface area contributed by atoms with E-state index < -0.39 is 0 Å². The molecule has 2 fully saturated rings. The fourth-order valence-electron chi connectivity index (χ4n) is 3.14. The molecular weight excluding hydrogens is 268 g/mol. The Balaban J connectivity index is 1.62. The molecule has 0 radical (unpaired) electrons. The Hall–Kier alpha value is -1.30. The van der Waals surface area contributed by atoms with Crippen molar-refractivity contribution in [2.45, 2.75) is 70.0 Å². The predicted molar refractivity (Wildman–Crippen MR) is 82.0 cm³/mol. The molecular formula is C15H28N4O2. The Morgan fingerprint density at radius 3 is 2.52 bits per heavy atom. The molecule has 0 spiro atoms. The zero-order chi connectivity index (χ0) is 15.1. The minimum atomic E-state index is -0.230. The van der Waals surface area contributed by atoms with Gasteiger partial charge in [0.15, 0.2) is 0 Å². The van der Waals surface area contributed by atoms with E-state index in [4.69, 9.17) is 0 Å². The number of nitrogens with one attached hydrogen (secondary N) is 4. The molecule has 1 heterocycles. The summed E-state index contributed by atoms with van der Waals surface area (Å²) < 4.78 is 0. The van der Waals surface area contributed by atoms with Crippen molar-refractivity contribution >= 4 is 11.9 Å². The summed E-state index contributed by atoms with van der Waals surface area (Å²) in [6.07, 6.45) is 7.78. The fraction of sp³-hybridized carbons (Fsp3) is 0.867. The van der Waals surface area contributed by atoms with Crippen LogP contribution in [-0.4, -0.2) is 43.2 Å². The Morgan fingerprint density at radius 2 is 1.81 bits per heavy atom. The maximum absolute atomic E-state index is 11.9. The van der Waals surface area contributed by atoms with Crippen LogP contribution in [0.4, 0.5) is 4.79 Å². The van der Waals surface area contributed by atoms with Crippen molar-refractivity contribution in [3.63, 3.8) is 0 Å². The van der Waals surface area contributed by atoms with E-state index in [1.165, 1.54) is 19.3 Å². The van der Waals surface area contributed by atoms with Gasteiger partial charge in [0.2, 0.25) is 5.91 Å². The minimum Gasteiger partial charge on any atom is -0.350 e.